The summed E-state index contributed by atoms with van der Waals surface area (Å²) in [5.74, 6) is -0.618. The van der Waals surface area contributed by atoms with Crippen LogP contribution in [0.1, 0.15) is 11.1 Å². The highest BCUT2D eigenvalue weighted by Gasteiger charge is 2.24. The number of amides is 1. The van der Waals surface area contributed by atoms with E-state index >= 15 is 0 Å². The lowest BCUT2D eigenvalue weighted by Gasteiger charge is -2.17. The number of nitrogens with zero attached hydrogens (tertiary/aromatic N) is 1. The fourth-order valence-corrected chi connectivity index (χ4v) is 2.76. The van der Waals surface area contributed by atoms with E-state index in [0.717, 1.165) is 23.2 Å². The van der Waals surface area contributed by atoms with E-state index in [9.17, 15) is 9.59 Å². The highest BCUT2D eigenvalue weighted by Crippen LogP contribution is 2.27. The summed E-state index contributed by atoms with van der Waals surface area (Å²) in [6.45, 7) is 0.397. The van der Waals surface area contributed by atoms with Crippen LogP contribution in [0, 0.1) is 0 Å². The maximum absolute atomic E-state index is 12.2. The Morgan fingerprint density at radius 1 is 1.09 bits per heavy atom. The molecule has 0 saturated heterocycles. The standard InChI is InChI=1S/C18H16ClNO3/c19-15-7-5-13(6-8-15)11-18(22)23-12-17(21)20-10-9-14-3-1-2-4-16(14)20/h1-8H,9-12H2. The zero-order valence-electron chi connectivity index (χ0n) is 12.5. The third kappa shape index (κ3) is 3.71. The summed E-state index contributed by atoms with van der Waals surface area (Å²) in [4.78, 5) is 25.7. The van der Waals surface area contributed by atoms with E-state index in [0.29, 0.717) is 11.6 Å². The molecule has 5 heteroatoms. The Labute approximate surface area is 139 Å². The molecule has 0 fully saturated rings. The summed E-state index contributed by atoms with van der Waals surface area (Å²) in [5, 5.41) is 0.616. The Kier molecular flexibility index (Phi) is 4.63. The molecular weight excluding hydrogens is 314 g/mol. The lowest BCUT2D eigenvalue weighted by atomic mass is 10.1. The number of rotatable bonds is 4. The number of hydrogen-bond acceptors (Lipinski definition) is 3. The van der Waals surface area contributed by atoms with Crippen LogP contribution < -0.4 is 4.90 Å². The second-order valence-electron chi connectivity index (χ2n) is 5.39. The molecule has 0 aliphatic carbocycles. The van der Waals surface area contributed by atoms with Gasteiger partial charge in [0.2, 0.25) is 0 Å². The van der Waals surface area contributed by atoms with Crippen molar-refractivity contribution in [1.29, 1.82) is 0 Å². The number of carbonyl (C=O) groups excluding carboxylic acids is 2. The SMILES string of the molecule is O=C(Cc1ccc(Cl)cc1)OCC(=O)N1CCc2ccccc21. The van der Waals surface area contributed by atoms with E-state index in [2.05, 4.69) is 0 Å². The zero-order valence-corrected chi connectivity index (χ0v) is 13.3. The highest BCUT2D eigenvalue weighted by atomic mass is 35.5. The predicted molar refractivity (Wildman–Crippen MR) is 88.6 cm³/mol. The largest absolute Gasteiger partial charge is 0.455 e. The monoisotopic (exact) mass is 329 g/mol. The Bertz CT molecular complexity index is 727. The molecular formula is C18H16ClNO3. The fraction of sp³-hybridized carbons (Fsp3) is 0.222. The van der Waals surface area contributed by atoms with Crippen molar-refractivity contribution in [3.05, 3.63) is 64.7 Å². The van der Waals surface area contributed by atoms with Gasteiger partial charge in [-0.05, 0) is 35.7 Å². The van der Waals surface area contributed by atoms with Crippen molar-refractivity contribution < 1.29 is 14.3 Å². The number of benzene rings is 2. The molecule has 0 spiro atoms. The molecule has 1 amide bonds. The van der Waals surface area contributed by atoms with Crippen LogP contribution in [0.15, 0.2) is 48.5 Å². The summed E-state index contributed by atoms with van der Waals surface area (Å²) >= 11 is 5.80. The summed E-state index contributed by atoms with van der Waals surface area (Å²) in [6.07, 6.45) is 0.960. The molecule has 1 aliphatic rings. The van der Waals surface area contributed by atoms with E-state index < -0.39 is 5.97 Å². The van der Waals surface area contributed by atoms with Gasteiger partial charge in [0.05, 0.1) is 6.42 Å². The summed E-state index contributed by atoms with van der Waals surface area (Å²) in [6, 6.07) is 14.7. The second kappa shape index (κ2) is 6.84. The topological polar surface area (TPSA) is 46.6 Å². The lowest BCUT2D eigenvalue weighted by Crippen LogP contribution is -2.33. The normalized spacial score (nSPS) is 12.8. The van der Waals surface area contributed by atoms with Crippen LogP contribution in [-0.2, 0) is 27.2 Å². The van der Waals surface area contributed by atoms with E-state index in [1.54, 1.807) is 29.2 Å². The van der Waals surface area contributed by atoms with E-state index in [1.165, 1.54) is 0 Å². The van der Waals surface area contributed by atoms with Gasteiger partial charge in [0.25, 0.3) is 5.91 Å². The number of carbonyl (C=O) groups is 2. The Hall–Kier alpha value is -2.33. The molecule has 0 saturated carbocycles. The number of fused-ring (bicyclic) bond motifs is 1. The van der Waals surface area contributed by atoms with Gasteiger partial charge in [-0.2, -0.15) is 0 Å². The van der Waals surface area contributed by atoms with Gasteiger partial charge < -0.3 is 9.64 Å². The third-order valence-electron chi connectivity index (χ3n) is 3.81. The van der Waals surface area contributed by atoms with Gasteiger partial charge in [0.15, 0.2) is 6.61 Å². The van der Waals surface area contributed by atoms with Crippen molar-refractivity contribution in [2.75, 3.05) is 18.1 Å². The van der Waals surface area contributed by atoms with Crippen LogP contribution in [0.4, 0.5) is 5.69 Å². The molecule has 0 radical (unpaired) electrons. The first kappa shape index (κ1) is 15.6. The quantitative estimate of drug-likeness (QED) is 0.810. The molecule has 118 valence electrons. The Morgan fingerprint density at radius 3 is 2.61 bits per heavy atom. The number of ether oxygens (including phenoxy) is 1. The number of halogens is 1. The number of hydrogen-bond donors (Lipinski definition) is 0. The van der Waals surface area contributed by atoms with Crippen LogP contribution in [0.5, 0.6) is 0 Å². The molecule has 0 aromatic heterocycles. The van der Waals surface area contributed by atoms with Gasteiger partial charge in [-0.15, -0.1) is 0 Å². The molecule has 1 aliphatic heterocycles. The van der Waals surface area contributed by atoms with Gasteiger partial charge in [0.1, 0.15) is 0 Å². The predicted octanol–water partition coefficient (Wildman–Crippen LogP) is 3.02. The maximum atomic E-state index is 12.2. The minimum atomic E-state index is -0.423. The van der Waals surface area contributed by atoms with Crippen molar-refractivity contribution in [2.24, 2.45) is 0 Å². The van der Waals surface area contributed by atoms with Crippen LogP contribution in [-0.4, -0.2) is 25.0 Å². The maximum Gasteiger partial charge on any atom is 0.310 e. The van der Waals surface area contributed by atoms with E-state index in [4.69, 9.17) is 16.3 Å². The van der Waals surface area contributed by atoms with E-state index in [1.807, 2.05) is 24.3 Å². The first-order valence-electron chi connectivity index (χ1n) is 7.42. The average molecular weight is 330 g/mol. The molecule has 4 nitrogen and oxygen atoms in total. The van der Waals surface area contributed by atoms with Crippen molar-refractivity contribution in [2.45, 2.75) is 12.8 Å². The van der Waals surface area contributed by atoms with Crippen molar-refractivity contribution in [3.63, 3.8) is 0 Å². The first-order chi connectivity index (χ1) is 11.1. The Morgan fingerprint density at radius 2 is 1.83 bits per heavy atom. The molecule has 0 N–H and O–H groups in total. The number of esters is 1. The van der Waals surface area contributed by atoms with E-state index in [-0.39, 0.29) is 18.9 Å². The van der Waals surface area contributed by atoms with Crippen molar-refractivity contribution >= 4 is 29.2 Å². The fourth-order valence-electron chi connectivity index (χ4n) is 2.64. The smallest absolute Gasteiger partial charge is 0.310 e. The minimum Gasteiger partial charge on any atom is -0.455 e. The van der Waals surface area contributed by atoms with Crippen molar-refractivity contribution in [3.8, 4) is 0 Å². The van der Waals surface area contributed by atoms with Crippen LogP contribution >= 0.6 is 11.6 Å². The zero-order chi connectivity index (χ0) is 16.2. The van der Waals surface area contributed by atoms with Gasteiger partial charge in [-0.3, -0.25) is 9.59 Å². The summed E-state index contributed by atoms with van der Waals surface area (Å²) < 4.78 is 5.10. The lowest BCUT2D eigenvalue weighted by molar-refractivity contribution is -0.147. The second-order valence-corrected chi connectivity index (χ2v) is 5.82. The Balaban J connectivity index is 1.53. The van der Waals surface area contributed by atoms with Crippen LogP contribution in [0.25, 0.3) is 0 Å². The average Bonchev–Trinajstić information content (AvgIpc) is 2.99. The van der Waals surface area contributed by atoms with Gasteiger partial charge in [-0.25, -0.2) is 0 Å². The molecule has 2 aromatic rings. The van der Waals surface area contributed by atoms with Crippen LogP contribution in [0.3, 0.4) is 0 Å². The first-order valence-corrected chi connectivity index (χ1v) is 7.79. The van der Waals surface area contributed by atoms with Gasteiger partial charge in [-0.1, -0.05) is 41.9 Å². The number of para-hydroxylation sites is 1. The van der Waals surface area contributed by atoms with Gasteiger partial charge in [0, 0.05) is 17.3 Å². The highest BCUT2D eigenvalue weighted by molar-refractivity contribution is 6.30. The summed E-state index contributed by atoms with van der Waals surface area (Å²) in [7, 11) is 0. The summed E-state index contributed by atoms with van der Waals surface area (Å²) in [5.41, 5.74) is 2.86. The van der Waals surface area contributed by atoms with Crippen LogP contribution in [0.2, 0.25) is 5.02 Å². The minimum absolute atomic E-state index is 0.126. The molecule has 23 heavy (non-hydrogen) atoms. The number of anilines is 1. The molecule has 0 unspecified atom stereocenters. The van der Waals surface area contributed by atoms with Crippen molar-refractivity contribution in [1.82, 2.24) is 0 Å². The third-order valence-corrected chi connectivity index (χ3v) is 4.06. The van der Waals surface area contributed by atoms with Gasteiger partial charge >= 0.3 is 5.97 Å². The molecule has 2 aromatic carbocycles. The molecule has 1 heterocycles. The molecule has 0 atom stereocenters. The molecule has 0 bridgehead atoms. The molecule has 3 rings (SSSR count).